The van der Waals surface area contributed by atoms with Crippen molar-refractivity contribution in [3.8, 4) is 5.75 Å². The first-order valence-corrected chi connectivity index (χ1v) is 7.21. The number of phenols is 1. The number of nitrogens with zero attached hydrogens (tertiary/aromatic N) is 1. The fourth-order valence-electron chi connectivity index (χ4n) is 1.93. The SMILES string of the molecule is NC(CSC1CC(=O)N(c2cccc(O)c2)C1=O)C(=O)O. The highest BCUT2D eigenvalue weighted by Gasteiger charge is 2.40. The Morgan fingerprint density at radius 1 is 1.48 bits per heavy atom. The lowest BCUT2D eigenvalue weighted by molar-refractivity contribution is -0.138. The van der Waals surface area contributed by atoms with E-state index in [1.165, 1.54) is 18.2 Å². The summed E-state index contributed by atoms with van der Waals surface area (Å²) in [5, 5.41) is 17.5. The Kier molecular flexibility index (Phi) is 4.49. The maximum Gasteiger partial charge on any atom is 0.321 e. The summed E-state index contributed by atoms with van der Waals surface area (Å²) in [6, 6.07) is 4.77. The minimum absolute atomic E-state index is 0.00844. The average Bonchev–Trinajstić information content (AvgIpc) is 2.70. The first-order valence-electron chi connectivity index (χ1n) is 6.16. The monoisotopic (exact) mass is 310 g/mol. The first-order chi connectivity index (χ1) is 9.90. The Bertz CT molecular complexity index is 592. The van der Waals surface area contributed by atoms with Crippen molar-refractivity contribution >= 4 is 35.2 Å². The second-order valence-corrected chi connectivity index (χ2v) is 5.79. The second-order valence-electron chi connectivity index (χ2n) is 4.56. The van der Waals surface area contributed by atoms with E-state index in [1.807, 2.05) is 0 Å². The van der Waals surface area contributed by atoms with E-state index in [1.54, 1.807) is 6.07 Å². The first kappa shape index (κ1) is 15.3. The molecule has 8 heteroatoms. The van der Waals surface area contributed by atoms with Gasteiger partial charge in [0, 0.05) is 18.2 Å². The maximum atomic E-state index is 12.2. The second kappa shape index (κ2) is 6.15. The average molecular weight is 310 g/mol. The zero-order valence-corrected chi connectivity index (χ0v) is 11.7. The predicted molar refractivity (Wildman–Crippen MR) is 77.1 cm³/mol. The number of thioether (sulfide) groups is 1. The number of nitrogens with two attached hydrogens (primary N) is 1. The molecule has 2 rings (SSSR count). The van der Waals surface area contributed by atoms with Gasteiger partial charge in [0.25, 0.3) is 0 Å². The van der Waals surface area contributed by atoms with Gasteiger partial charge in [0.05, 0.1) is 10.9 Å². The van der Waals surface area contributed by atoms with Crippen LogP contribution in [0.2, 0.25) is 0 Å². The molecule has 2 unspecified atom stereocenters. The van der Waals surface area contributed by atoms with Gasteiger partial charge in [0.1, 0.15) is 11.8 Å². The minimum atomic E-state index is -1.15. The van der Waals surface area contributed by atoms with Gasteiger partial charge in [-0.05, 0) is 12.1 Å². The topological polar surface area (TPSA) is 121 Å². The number of phenolic OH excluding ortho intramolecular Hbond substituents is 1. The Morgan fingerprint density at radius 3 is 2.81 bits per heavy atom. The van der Waals surface area contributed by atoms with Gasteiger partial charge in [-0.2, -0.15) is 0 Å². The van der Waals surface area contributed by atoms with Crippen LogP contribution in [0.3, 0.4) is 0 Å². The van der Waals surface area contributed by atoms with E-state index < -0.39 is 23.2 Å². The highest BCUT2D eigenvalue weighted by Crippen LogP contribution is 2.31. The predicted octanol–water partition coefficient (Wildman–Crippen LogP) is 0.169. The maximum absolute atomic E-state index is 12.2. The van der Waals surface area contributed by atoms with Crippen LogP contribution in [0.5, 0.6) is 5.75 Å². The molecule has 112 valence electrons. The number of imide groups is 1. The number of hydrogen-bond donors (Lipinski definition) is 3. The molecule has 21 heavy (non-hydrogen) atoms. The van der Waals surface area contributed by atoms with E-state index in [0.29, 0.717) is 5.69 Å². The fraction of sp³-hybridized carbons (Fsp3) is 0.308. The Morgan fingerprint density at radius 2 is 2.19 bits per heavy atom. The van der Waals surface area contributed by atoms with Crippen molar-refractivity contribution in [2.45, 2.75) is 17.7 Å². The Hall–Kier alpha value is -2.06. The van der Waals surface area contributed by atoms with Crippen LogP contribution in [0.25, 0.3) is 0 Å². The summed E-state index contributed by atoms with van der Waals surface area (Å²) in [5.41, 5.74) is 5.68. The number of anilines is 1. The van der Waals surface area contributed by atoms with Crippen molar-refractivity contribution in [1.82, 2.24) is 0 Å². The van der Waals surface area contributed by atoms with Crippen LogP contribution in [-0.2, 0) is 14.4 Å². The number of carboxylic acids is 1. The third kappa shape index (κ3) is 3.34. The van der Waals surface area contributed by atoms with Crippen LogP contribution in [0.1, 0.15) is 6.42 Å². The van der Waals surface area contributed by atoms with Crippen LogP contribution in [-0.4, -0.2) is 45.0 Å². The largest absolute Gasteiger partial charge is 0.508 e. The van der Waals surface area contributed by atoms with Gasteiger partial charge in [-0.1, -0.05) is 6.07 Å². The zero-order valence-electron chi connectivity index (χ0n) is 10.9. The lowest BCUT2D eigenvalue weighted by Crippen LogP contribution is -2.35. The van der Waals surface area contributed by atoms with Crippen molar-refractivity contribution in [1.29, 1.82) is 0 Å². The standard InChI is InChI=1S/C13H14N2O5S/c14-9(13(19)20)6-21-10-5-11(17)15(12(10)18)7-2-1-3-8(16)4-7/h1-4,9-10,16H,5-6,14H2,(H,19,20). The highest BCUT2D eigenvalue weighted by molar-refractivity contribution is 8.00. The van der Waals surface area contributed by atoms with Crippen molar-refractivity contribution < 1.29 is 24.6 Å². The number of carbonyl (C=O) groups excluding carboxylic acids is 2. The summed E-state index contributed by atoms with van der Waals surface area (Å²) < 4.78 is 0. The molecule has 0 saturated carbocycles. The van der Waals surface area contributed by atoms with E-state index in [9.17, 15) is 19.5 Å². The van der Waals surface area contributed by atoms with Gasteiger partial charge in [0.2, 0.25) is 11.8 Å². The smallest absolute Gasteiger partial charge is 0.321 e. The van der Waals surface area contributed by atoms with Crippen molar-refractivity contribution in [2.75, 3.05) is 10.7 Å². The number of aromatic hydroxyl groups is 1. The number of benzene rings is 1. The van der Waals surface area contributed by atoms with Crippen LogP contribution in [0.15, 0.2) is 24.3 Å². The third-order valence-electron chi connectivity index (χ3n) is 2.99. The molecule has 0 spiro atoms. The molecule has 1 heterocycles. The summed E-state index contributed by atoms with van der Waals surface area (Å²) in [6.07, 6.45) is -0.00844. The normalized spacial score (nSPS) is 19.9. The van der Waals surface area contributed by atoms with Gasteiger partial charge >= 0.3 is 5.97 Å². The summed E-state index contributed by atoms with van der Waals surface area (Å²) in [6.45, 7) is 0. The molecule has 1 aromatic rings. The Balaban J connectivity index is 2.08. The summed E-state index contributed by atoms with van der Waals surface area (Å²) in [4.78, 5) is 35.8. The summed E-state index contributed by atoms with van der Waals surface area (Å²) >= 11 is 1.05. The van der Waals surface area contributed by atoms with E-state index in [2.05, 4.69) is 0 Å². The number of amides is 2. The molecule has 7 nitrogen and oxygen atoms in total. The van der Waals surface area contributed by atoms with Crippen LogP contribution in [0, 0.1) is 0 Å². The Labute approximate surface area is 124 Å². The molecule has 0 radical (unpaired) electrons. The molecule has 1 aliphatic heterocycles. The zero-order chi connectivity index (χ0) is 15.6. The van der Waals surface area contributed by atoms with E-state index in [4.69, 9.17) is 10.8 Å². The van der Waals surface area contributed by atoms with E-state index in [0.717, 1.165) is 16.7 Å². The fourth-order valence-corrected chi connectivity index (χ4v) is 3.02. The third-order valence-corrected chi connectivity index (χ3v) is 4.31. The molecule has 1 aliphatic rings. The molecule has 0 aliphatic carbocycles. The van der Waals surface area contributed by atoms with Gasteiger partial charge in [0.15, 0.2) is 0 Å². The van der Waals surface area contributed by atoms with E-state index in [-0.39, 0.29) is 23.8 Å². The van der Waals surface area contributed by atoms with Gasteiger partial charge in [-0.3, -0.25) is 14.4 Å². The van der Waals surface area contributed by atoms with Gasteiger partial charge in [-0.15, -0.1) is 11.8 Å². The van der Waals surface area contributed by atoms with Crippen LogP contribution < -0.4 is 10.6 Å². The van der Waals surface area contributed by atoms with Crippen molar-refractivity contribution in [3.05, 3.63) is 24.3 Å². The molecule has 2 amide bonds. The molecule has 1 saturated heterocycles. The van der Waals surface area contributed by atoms with Gasteiger partial charge < -0.3 is 15.9 Å². The number of hydrogen-bond acceptors (Lipinski definition) is 6. The quantitative estimate of drug-likeness (QED) is 0.663. The molecule has 1 fully saturated rings. The summed E-state index contributed by atoms with van der Waals surface area (Å²) in [5.74, 6) is -1.95. The van der Waals surface area contributed by atoms with Crippen LogP contribution >= 0.6 is 11.8 Å². The van der Waals surface area contributed by atoms with Crippen molar-refractivity contribution in [3.63, 3.8) is 0 Å². The molecule has 1 aromatic carbocycles. The highest BCUT2D eigenvalue weighted by atomic mass is 32.2. The van der Waals surface area contributed by atoms with Gasteiger partial charge in [-0.25, -0.2) is 4.90 Å². The molecule has 0 aromatic heterocycles. The summed E-state index contributed by atoms with van der Waals surface area (Å²) in [7, 11) is 0. The lowest BCUT2D eigenvalue weighted by Gasteiger charge is -2.15. The van der Waals surface area contributed by atoms with Crippen molar-refractivity contribution in [2.24, 2.45) is 5.73 Å². The minimum Gasteiger partial charge on any atom is -0.508 e. The number of carboxylic acid groups (broad SMARTS) is 1. The molecular weight excluding hydrogens is 296 g/mol. The lowest BCUT2D eigenvalue weighted by atomic mass is 10.3. The number of rotatable bonds is 5. The number of aliphatic carboxylic acids is 1. The molecule has 0 bridgehead atoms. The molecule has 4 N–H and O–H groups in total. The number of carbonyl (C=O) groups is 3. The molecule has 2 atom stereocenters. The van der Waals surface area contributed by atoms with E-state index >= 15 is 0 Å². The van der Waals surface area contributed by atoms with Crippen LogP contribution in [0.4, 0.5) is 5.69 Å². The molecular formula is C13H14N2O5S.